The minimum absolute atomic E-state index is 1.01. The third-order valence-electron chi connectivity index (χ3n) is 3.42. The summed E-state index contributed by atoms with van der Waals surface area (Å²) >= 11 is 9.30. The van der Waals surface area contributed by atoms with E-state index >= 15 is 0 Å². The zero-order valence-electron chi connectivity index (χ0n) is 11.4. The van der Waals surface area contributed by atoms with E-state index in [2.05, 4.69) is 92.5 Å². The van der Waals surface area contributed by atoms with Crippen LogP contribution < -0.4 is 0 Å². The Kier molecular flexibility index (Phi) is 5.04. The first kappa shape index (κ1) is 15.1. The lowest BCUT2D eigenvalue weighted by Crippen LogP contribution is -1.87. The topological polar surface area (TPSA) is 0 Å². The molecular formula is C18H14Br2S. The second kappa shape index (κ2) is 6.99. The highest BCUT2D eigenvalue weighted by Gasteiger charge is 2.05. The molecule has 0 saturated carbocycles. The quantitative estimate of drug-likeness (QED) is 0.446. The molecule has 0 spiro atoms. The average Bonchev–Trinajstić information content (AvgIpc) is 2.52. The summed E-state index contributed by atoms with van der Waals surface area (Å²) in [4.78, 5) is 0. The Morgan fingerprint density at radius 1 is 0.714 bits per heavy atom. The molecule has 0 bridgehead atoms. The number of fused-ring (bicyclic) bond motifs is 1. The molecule has 0 heterocycles. The molecular weight excluding hydrogens is 408 g/mol. The molecule has 0 aromatic heterocycles. The predicted molar refractivity (Wildman–Crippen MR) is 101 cm³/mol. The molecule has 3 aromatic carbocycles. The van der Waals surface area contributed by atoms with Gasteiger partial charge in [0.05, 0.1) is 0 Å². The Labute approximate surface area is 146 Å². The second-order valence-corrected chi connectivity index (χ2v) is 7.48. The minimum atomic E-state index is 1.01. The fourth-order valence-electron chi connectivity index (χ4n) is 2.28. The fourth-order valence-corrected chi connectivity index (χ4v) is 4.74. The smallest absolute Gasteiger partial charge is 0.0294 e. The van der Waals surface area contributed by atoms with E-state index in [1.54, 1.807) is 0 Å². The fraction of sp³-hybridized carbons (Fsp3) is 0.111. The molecule has 0 nitrogen and oxygen atoms in total. The van der Waals surface area contributed by atoms with Gasteiger partial charge in [-0.25, -0.2) is 0 Å². The Hall–Kier alpha value is -0.770. The summed E-state index contributed by atoms with van der Waals surface area (Å²) in [7, 11) is 0. The molecule has 106 valence electrons. The van der Waals surface area contributed by atoms with Crippen molar-refractivity contribution in [1.29, 1.82) is 0 Å². The summed E-state index contributed by atoms with van der Waals surface area (Å²) in [6.07, 6.45) is 0. The molecule has 3 aromatic rings. The molecule has 0 aliphatic carbocycles. The summed E-state index contributed by atoms with van der Waals surface area (Å²) in [5, 5.41) is 2.57. The number of thioether (sulfide) groups is 1. The van der Waals surface area contributed by atoms with E-state index in [1.807, 2.05) is 11.8 Å². The number of hydrogen-bond donors (Lipinski definition) is 0. The van der Waals surface area contributed by atoms with Crippen molar-refractivity contribution in [2.24, 2.45) is 0 Å². The molecule has 0 aliphatic rings. The highest BCUT2D eigenvalue weighted by Crippen LogP contribution is 2.31. The largest absolute Gasteiger partial charge is 0.152 e. The van der Waals surface area contributed by atoms with Crippen LogP contribution in [0.1, 0.15) is 11.1 Å². The van der Waals surface area contributed by atoms with Gasteiger partial charge >= 0.3 is 0 Å². The predicted octanol–water partition coefficient (Wildman–Crippen LogP) is 6.80. The van der Waals surface area contributed by atoms with E-state index < -0.39 is 0 Å². The molecule has 21 heavy (non-hydrogen) atoms. The van der Waals surface area contributed by atoms with Crippen LogP contribution in [0.25, 0.3) is 10.8 Å². The van der Waals surface area contributed by atoms with Crippen LogP contribution in [0, 0.1) is 0 Å². The van der Waals surface area contributed by atoms with Crippen molar-refractivity contribution in [1.82, 2.24) is 0 Å². The van der Waals surface area contributed by atoms with Crippen molar-refractivity contribution >= 4 is 54.4 Å². The van der Waals surface area contributed by atoms with Gasteiger partial charge in [-0.05, 0) is 43.9 Å². The van der Waals surface area contributed by atoms with Gasteiger partial charge in [0.2, 0.25) is 0 Å². The van der Waals surface area contributed by atoms with Crippen molar-refractivity contribution in [3.63, 3.8) is 0 Å². The van der Waals surface area contributed by atoms with Gasteiger partial charge in [-0.15, -0.1) is 0 Å². The van der Waals surface area contributed by atoms with Gasteiger partial charge < -0.3 is 0 Å². The third kappa shape index (κ3) is 3.53. The Morgan fingerprint density at radius 3 is 2.29 bits per heavy atom. The summed E-state index contributed by atoms with van der Waals surface area (Å²) in [5.41, 5.74) is 2.70. The van der Waals surface area contributed by atoms with E-state index in [1.165, 1.54) is 30.8 Å². The molecule has 0 unspecified atom stereocenters. The Balaban J connectivity index is 1.74. The van der Waals surface area contributed by atoms with Crippen LogP contribution in [0.2, 0.25) is 0 Å². The van der Waals surface area contributed by atoms with Gasteiger partial charge in [0, 0.05) is 20.5 Å². The lowest BCUT2D eigenvalue weighted by molar-refractivity contribution is 1.34. The molecule has 0 radical (unpaired) electrons. The normalized spacial score (nSPS) is 11.0. The van der Waals surface area contributed by atoms with E-state index in [9.17, 15) is 0 Å². The highest BCUT2D eigenvalue weighted by atomic mass is 79.9. The maximum absolute atomic E-state index is 3.76. The first-order valence-corrected chi connectivity index (χ1v) is 9.47. The van der Waals surface area contributed by atoms with Crippen molar-refractivity contribution in [3.05, 3.63) is 80.7 Å². The van der Waals surface area contributed by atoms with Crippen LogP contribution in [-0.2, 0) is 11.5 Å². The van der Waals surface area contributed by atoms with Crippen molar-refractivity contribution in [2.75, 3.05) is 0 Å². The Morgan fingerprint density at radius 2 is 1.43 bits per heavy atom. The zero-order chi connectivity index (χ0) is 14.7. The van der Waals surface area contributed by atoms with Gasteiger partial charge in [-0.1, -0.05) is 70.5 Å². The molecule has 0 N–H and O–H groups in total. The molecule has 3 heteroatoms. The summed E-state index contributed by atoms with van der Waals surface area (Å²) in [5.74, 6) is 2.02. The first-order valence-electron chi connectivity index (χ1n) is 6.73. The maximum atomic E-state index is 3.76. The summed E-state index contributed by atoms with van der Waals surface area (Å²) in [6.45, 7) is 0. The SMILES string of the molecule is Brc1ccccc1CSCc1ccc2ccccc2c1Br. The number of benzene rings is 3. The van der Waals surface area contributed by atoms with Gasteiger partial charge in [-0.3, -0.25) is 0 Å². The molecule has 0 amide bonds. The number of halogens is 2. The third-order valence-corrected chi connectivity index (χ3v) is 6.16. The monoisotopic (exact) mass is 420 g/mol. The summed E-state index contributed by atoms with van der Waals surface area (Å²) < 4.78 is 2.41. The van der Waals surface area contributed by atoms with Gasteiger partial charge in [0.15, 0.2) is 0 Å². The van der Waals surface area contributed by atoms with Gasteiger partial charge in [0.25, 0.3) is 0 Å². The van der Waals surface area contributed by atoms with E-state index in [0.29, 0.717) is 0 Å². The number of rotatable bonds is 4. The molecule has 0 fully saturated rings. The number of hydrogen-bond acceptors (Lipinski definition) is 1. The van der Waals surface area contributed by atoms with Crippen LogP contribution in [0.15, 0.2) is 69.6 Å². The van der Waals surface area contributed by atoms with Crippen molar-refractivity contribution in [2.45, 2.75) is 11.5 Å². The zero-order valence-corrected chi connectivity index (χ0v) is 15.3. The van der Waals surface area contributed by atoms with E-state index in [-0.39, 0.29) is 0 Å². The van der Waals surface area contributed by atoms with Crippen LogP contribution in [-0.4, -0.2) is 0 Å². The van der Waals surface area contributed by atoms with Crippen LogP contribution in [0.5, 0.6) is 0 Å². The van der Waals surface area contributed by atoms with Crippen LogP contribution in [0.3, 0.4) is 0 Å². The summed E-state index contributed by atoms with van der Waals surface area (Å²) in [6, 6.07) is 21.3. The Bertz CT molecular complexity index is 768. The average molecular weight is 422 g/mol. The van der Waals surface area contributed by atoms with Crippen molar-refractivity contribution < 1.29 is 0 Å². The van der Waals surface area contributed by atoms with E-state index in [0.717, 1.165) is 11.5 Å². The van der Waals surface area contributed by atoms with Crippen LogP contribution >= 0.6 is 43.6 Å². The second-order valence-electron chi connectivity index (χ2n) is 4.84. The lowest BCUT2D eigenvalue weighted by Gasteiger charge is -2.09. The maximum Gasteiger partial charge on any atom is 0.0294 e. The van der Waals surface area contributed by atoms with Gasteiger partial charge in [-0.2, -0.15) is 11.8 Å². The highest BCUT2D eigenvalue weighted by molar-refractivity contribution is 9.11. The standard InChI is InChI=1S/C18H14Br2S/c19-17-8-4-2-6-14(17)11-21-12-15-10-9-13-5-1-3-7-16(13)18(15)20/h1-10H,11-12H2. The molecule has 0 atom stereocenters. The van der Waals surface area contributed by atoms with Crippen LogP contribution in [0.4, 0.5) is 0 Å². The van der Waals surface area contributed by atoms with Crippen molar-refractivity contribution in [3.8, 4) is 0 Å². The molecule has 0 aliphatic heterocycles. The molecule has 3 rings (SSSR count). The lowest BCUT2D eigenvalue weighted by atomic mass is 10.1. The van der Waals surface area contributed by atoms with E-state index in [4.69, 9.17) is 0 Å². The minimum Gasteiger partial charge on any atom is -0.152 e. The molecule has 0 saturated heterocycles. The first-order chi connectivity index (χ1) is 10.3. The van der Waals surface area contributed by atoms with Gasteiger partial charge in [0.1, 0.15) is 0 Å².